The molecule has 0 bridgehead atoms. The molecule has 1 aliphatic rings. The van der Waals surface area contributed by atoms with Crippen LogP contribution in [0.15, 0.2) is 34.4 Å². The van der Waals surface area contributed by atoms with Gasteiger partial charge in [0.1, 0.15) is 5.75 Å². The molecule has 7 heteroatoms. The van der Waals surface area contributed by atoms with Gasteiger partial charge in [-0.2, -0.15) is 0 Å². The fourth-order valence-corrected chi connectivity index (χ4v) is 3.93. The Bertz CT molecular complexity index is 716. The van der Waals surface area contributed by atoms with E-state index in [0.717, 1.165) is 44.2 Å². The molecule has 1 N–H and O–H groups in total. The van der Waals surface area contributed by atoms with Crippen LogP contribution in [0.2, 0.25) is 0 Å². The zero-order chi connectivity index (χ0) is 16.2. The number of piperazine rings is 1. The number of halogens is 1. The predicted molar refractivity (Wildman–Crippen MR) is 101 cm³/mol. The minimum Gasteiger partial charge on any atom is -0.496 e. The first-order valence-electron chi connectivity index (χ1n) is 7.93. The number of para-hydroxylation sites is 1. The van der Waals surface area contributed by atoms with E-state index in [1.807, 2.05) is 29.0 Å². The molecule has 1 aromatic heterocycles. The lowest BCUT2D eigenvalue weighted by molar-refractivity contribution is 0.153. The van der Waals surface area contributed by atoms with Crippen molar-refractivity contribution in [2.45, 2.75) is 19.5 Å². The minimum absolute atomic E-state index is 0. The summed E-state index contributed by atoms with van der Waals surface area (Å²) in [5.41, 5.74) is 2.25. The van der Waals surface area contributed by atoms with Gasteiger partial charge in [0.2, 0.25) is 0 Å². The SMILES string of the molecule is COc1ccccc1C1CNCCN1CCn1c(C)csc1=O.Cl. The molecule has 132 valence electrons. The van der Waals surface area contributed by atoms with Crippen LogP contribution in [-0.4, -0.2) is 42.8 Å². The van der Waals surface area contributed by atoms with Crippen molar-refractivity contribution < 1.29 is 4.74 Å². The van der Waals surface area contributed by atoms with Gasteiger partial charge in [-0.3, -0.25) is 9.69 Å². The number of methoxy groups -OCH3 is 1. The highest BCUT2D eigenvalue weighted by atomic mass is 35.5. The second-order valence-electron chi connectivity index (χ2n) is 5.79. The highest BCUT2D eigenvalue weighted by Gasteiger charge is 2.26. The number of nitrogens with one attached hydrogen (secondary N) is 1. The molecule has 1 aliphatic heterocycles. The average Bonchev–Trinajstić information content (AvgIpc) is 2.91. The summed E-state index contributed by atoms with van der Waals surface area (Å²) in [6.45, 7) is 6.44. The number of aromatic nitrogens is 1. The molecule has 3 rings (SSSR count). The van der Waals surface area contributed by atoms with E-state index in [9.17, 15) is 4.79 Å². The molecule has 0 radical (unpaired) electrons. The van der Waals surface area contributed by atoms with Crippen LogP contribution in [0.5, 0.6) is 5.75 Å². The number of rotatable bonds is 5. The quantitative estimate of drug-likeness (QED) is 0.878. The standard InChI is InChI=1S/C17H23N3O2S.ClH/c1-13-12-23-17(21)20(13)10-9-19-8-7-18-11-15(19)14-5-3-4-6-16(14)22-2;/h3-6,12,15,18H,7-11H2,1-2H3;1H. The van der Waals surface area contributed by atoms with Gasteiger partial charge in [-0.25, -0.2) is 0 Å². The molecule has 5 nitrogen and oxygen atoms in total. The van der Waals surface area contributed by atoms with Crippen molar-refractivity contribution in [2.24, 2.45) is 0 Å². The van der Waals surface area contributed by atoms with E-state index >= 15 is 0 Å². The second-order valence-corrected chi connectivity index (χ2v) is 6.61. The smallest absolute Gasteiger partial charge is 0.307 e. The number of hydrogen-bond acceptors (Lipinski definition) is 5. The van der Waals surface area contributed by atoms with E-state index in [1.165, 1.54) is 16.9 Å². The Hall–Kier alpha value is -1.34. The van der Waals surface area contributed by atoms with E-state index in [0.29, 0.717) is 0 Å². The van der Waals surface area contributed by atoms with Crippen molar-refractivity contribution in [1.82, 2.24) is 14.8 Å². The Labute approximate surface area is 152 Å². The van der Waals surface area contributed by atoms with E-state index in [4.69, 9.17) is 4.74 Å². The molecule has 2 heterocycles. The van der Waals surface area contributed by atoms with Crippen molar-refractivity contribution >= 4 is 23.7 Å². The van der Waals surface area contributed by atoms with E-state index in [-0.39, 0.29) is 23.3 Å². The molecule has 1 saturated heterocycles. The average molecular weight is 370 g/mol. The first-order chi connectivity index (χ1) is 11.2. The zero-order valence-corrected chi connectivity index (χ0v) is 15.7. The third-order valence-electron chi connectivity index (χ3n) is 4.44. The Balaban J connectivity index is 0.00000208. The van der Waals surface area contributed by atoms with Gasteiger partial charge in [-0.1, -0.05) is 29.5 Å². The largest absolute Gasteiger partial charge is 0.496 e. The van der Waals surface area contributed by atoms with Crippen LogP contribution in [-0.2, 0) is 6.54 Å². The third kappa shape index (κ3) is 4.00. The van der Waals surface area contributed by atoms with Crippen molar-refractivity contribution in [3.8, 4) is 5.75 Å². The summed E-state index contributed by atoms with van der Waals surface area (Å²) in [4.78, 5) is 14.5. The molecule has 1 unspecified atom stereocenters. The van der Waals surface area contributed by atoms with Crippen LogP contribution in [0, 0.1) is 6.92 Å². The van der Waals surface area contributed by atoms with Gasteiger partial charge in [0.15, 0.2) is 0 Å². The van der Waals surface area contributed by atoms with Crippen molar-refractivity contribution in [3.05, 3.63) is 50.6 Å². The molecule has 0 spiro atoms. The van der Waals surface area contributed by atoms with Gasteiger partial charge in [-0.15, -0.1) is 12.4 Å². The Kier molecular flexibility index (Phi) is 6.86. The van der Waals surface area contributed by atoms with Gasteiger partial charge >= 0.3 is 4.87 Å². The Morgan fingerprint density at radius 1 is 1.33 bits per heavy atom. The minimum atomic E-state index is 0. The van der Waals surface area contributed by atoms with Crippen LogP contribution in [0.25, 0.3) is 0 Å². The number of aryl methyl sites for hydroxylation is 1. The summed E-state index contributed by atoms with van der Waals surface area (Å²) in [5.74, 6) is 0.926. The molecule has 1 fully saturated rings. The molecule has 2 aromatic rings. The number of benzene rings is 1. The topological polar surface area (TPSA) is 46.5 Å². The summed E-state index contributed by atoms with van der Waals surface area (Å²) >= 11 is 1.28. The highest BCUT2D eigenvalue weighted by Crippen LogP contribution is 2.29. The van der Waals surface area contributed by atoms with Crippen molar-refractivity contribution in [1.29, 1.82) is 0 Å². The Morgan fingerprint density at radius 2 is 2.12 bits per heavy atom. The molecule has 24 heavy (non-hydrogen) atoms. The molecular formula is C17H24ClN3O2S. The van der Waals surface area contributed by atoms with E-state index in [1.54, 1.807) is 7.11 Å². The molecule has 1 aromatic carbocycles. The fraction of sp³-hybridized carbons (Fsp3) is 0.471. The molecule has 0 amide bonds. The van der Waals surface area contributed by atoms with Gasteiger partial charge in [-0.05, 0) is 13.0 Å². The zero-order valence-electron chi connectivity index (χ0n) is 14.0. The maximum absolute atomic E-state index is 11.9. The number of ether oxygens (including phenoxy) is 1. The summed E-state index contributed by atoms with van der Waals surface area (Å²) in [6, 6.07) is 8.46. The monoisotopic (exact) mass is 369 g/mol. The lowest BCUT2D eigenvalue weighted by Gasteiger charge is -2.37. The highest BCUT2D eigenvalue weighted by molar-refractivity contribution is 7.07. The number of hydrogen-bond donors (Lipinski definition) is 1. The Morgan fingerprint density at radius 3 is 2.83 bits per heavy atom. The first-order valence-corrected chi connectivity index (χ1v) is 8.81. The lowest BCUT2D eigenvalue weighted by atomic mass is 10.0. The summed E-state index contributed by atoms with van der Waals surface area (Å²) < 4.78 is 7.39. The van der Waals surface area contributed by atoms with Crippen LogP contribution in [0.4, 0.5) is 0 Å². The van der Waals surface area contributed by atoms with Crippen LogP contribution in [0.3, 0.4) is 0 Å². The molecular weight excluding hydrogens is 346 g/mol. The van der Waals surface area contributed by atoms with Crippen molar-refractivity contribution in [3.63, 3.8) is 0 Å². The maximum atomic E-state index is 11.9. The van der Waals surface area contributed by atoms with Gasteiger partial charge in [0.05, 0.1) is 13.2 Å². The molecule has 1 atom stereocenters. The summed E-state index contributed by atoms with van der Waals surface area (Å²) in [5, 5.41) is 5.40. The van der Waals surface area contributed by atoms with Crippen molar-refractivity contribution in [2.75, 3.05) is 33.3 Å². The third-order valence-corrected chi connectivity index (χ3v) is 5.32. The second kappa shape index (κ2) is 8.67. The lowest BCUT2D eigenvalue weighted by Crippen LogP contribution is -2.47. The van der Waals surface area contributed by atoms with Crippen LogP contribution in [0.1, 0.15) is 17.3 Å². The molecule has 0 saturated carbocycles. The maximum Gasteiger partial charge on any atom is 0.307 e. The van der Waals surface area contributed by atoms with Gasteiger partial charge < -0.3 is 14.6 Å². The van der Waals surface area contributed by atoms with Crippen LogP contribution >= 0.6 is 23.7 Å². The first kappa shape index (κ1) is 19.0. The summed E-state index contributed by atoms with van der Waals surface area (Å²) in [6.07, 6.45) is 0. The predicted octanol–water partition coefficient (Wildman–Crippen LogP) is 2.30. The van der Waals surface area contributed by atoms with E-state index < -0.39 is 0 Å². The van der Waals surface area contributed by atoms with E-state index in [2.05, 4.69) is 22.3 Å². The molecule has 0 aliphatic carbocycles. The van der Waals surface area contributed by atoms with Gasteiger partial charge in [0.25, 0.3) is 0 Å². The summed E-state index contributed by atoms with van der Waals surface area (Å²) in [7, 11) is 1.72. The normalized spacial score (nSPS) is 18.2. The number of thiazole rings is 1. The number of nitrogens with zero attached hydrogens (tertiary/aromatic N) is 2. The van der Waals surface area contributed by atoms with Crippen LogP contribution < -0.4 is 14.9 Å². The van der Waals surface area contributed by atoms with Gasteiger partial charge in [0, 0.05) is 49.4 Å². The fourth-order valence-electron chi connectivity index (χ4n) is 3.17.